The van der Waals surface area contributed by atoms with E-state index in [1.54, 1.807) is 0 Å². The van der Waals surface area contributed by atoms with Gasteiger partial charge in [-0.15, -0.1) is 0 Å². The smallest absolute Gasteiger partial charge is 0.317 e. The zero-order valence-corrected chi connectivity index (χ0v) is 22.4. The summed E-state index contributed by atoms with van der Waals surface area (Å²) in [4.78, 5) is 44.3. The number of hydrogen-bond donors (Lipinski definition) is 3. The van der Waals surface area contributed by atoms with E-state index in [9.17, 15) is 19.5 Å². The molecule has 1 saturated heterocycles. The first-order valence-corrected chi connectivity index (χ1v) is 12.8. The predicted octanol–water partition coefficient (Wildman–Crippen LogP) is -0.0569. The summed E-state index contributed by atoms with van der Waals surface area (Å²) in [5.41, 5.74) is 2.35. The average Bonchev–Trinajstić information content (AvgIpc) is 2.80. The summed E-state index contributed by atoms with van der Waals surface area (Å²) in [6.45, 7) is 7.22. The molecule has 1 aromatic rings. The average molecular weight is 522 g/mol. The van der Waals surface area contributed by atoms with Gasteiger partial charge in [0.25, 0.3) is 0 Å². The Morgan fingerprint density at radius 2 is 1.41 bits per heavy atom. The maximum absolute atomic E-state index is 11.8. The Kier molecular flexibility index (Phi) is 12.9. The number of carboxylic acid groups (broad SMARTS) is 3. The fourth-order valence-electron chi connectivity index (χ4n) is 4.57. The normalized spacial score (nSPS) is 19.8. The highest BCUT2D eigenvalue weighted by Crippen LogP contribution is 2.13. The number of rotatable bonds is 11. The third-order valence-corrected chi connectivity index (χ3v) is 6.78. The fourth-order valence-corrected chi connectivity index (χ4v) is 4.57. The molecule has 0 spiro atoms. The topological polar surface area (TPSA) is 128 Å². The molecule has 1 unspecified atom stereocenters. The van der Waals surface area contributed by atoms with Crippen LogP contribution in [-0.2, 0) is 20.8 Å². The molecule has 0 saturated carbocycles. The molecule has 3 N–H and O–H groups in total. The van der Waals surface area contributed by atoms with E-state index in [-0.39, 0.29) is 25.7 Å². The van der Waals surface area contributed by atoms with Crippen LogP contribution in [-0.4, -0.2) is 156 Å². The van der Waals surface area contributed by atoms with Gasteiger partial charge < -0.3 is 25.1 Å². The van der Waals surface area contributed by atoms with Crippen LogP contribution in [0.2, 0.25) is 0 Å². The van der Waals surface area contributed by atoms with E-state index in [1.807, 2.05) is 11.8 Å². The van der Waals surface area contributed by atoms with E-state index in [1.165, 1.54) is 16.0 Å². The molecule has 1 fully saturated rings. The van der Waals surface area contributed by atoms with E-state index >= 15 is 0 Å². The molecule has 1 atom stereocenters. The Balaban J connectivity index is 2.20. The van der Waals surface area contributed by atoms with Gasteiger partial charge in [-0.1, -0.05) is 29.8 Å². The summed E-state index contributed by atoms with van der Waals surface area (Å²) in [5.74, 6) is -3.00. The molecule has 0 aliphatic carbocycles. The minimum absolute atomic E-state index is 0.00547. The lowest BCUT2D eigenvalue weighted by Crippen LogP contribution is -2.52. The summed E-state index contributed by atoms with van der Waals surface area (Å²) in [6, 6.07) is 8.36. The van der Waals surface area contributed by atoms with Crippen molar-refractivity contribution in [3.05, 3.63) is 35.4 Å². The van der Waals surface area contributed by atoms with Crippen molar-refractivity contribution in [2.75, 3.05) is 92.6 Å². The first kappa shape index (κ1) is 30.7. The van der Waals surface area contributed by atoms with Crippen molar-refractivity contribution in [2.24, 2.45) is 0 Å². The number of benzene rings is 1. The molecule has 11 nitrogen and oxygen atoms in total. The van der Waals surface area contributed by atoms with Gasteiger partial charge in [0.15, 0.2) is 0 Å². The van der Waals surface area contributed by atoms with Gasteiger partial charge in [0, 0.05) is 64.9 Å². The second-order valence-electron chi connectivity index (χ2n) is 10.1. The van der Waals surface area contributed by atoms with Crippen LogP contribution < -0.4 is 0 Å². The van der Waals surface area contributed by atoms with Crippen molar-refractivity contribution < 1.29 is 29.7 Å². The van der Waals surface area contributed by atoms with E-state index < -0.39 is 17.9 Å². The Labute approximate surface area is 219 Å². The largest absolute Gasteiger partial charge is 0.480 e. The van der Waals surface area contributed by atoms with Gasteiger partial charge in [0.05, 0.1) is 19.6 Å². The number of carboxylic acids is 3. The second-order valence-corrected chi connectivity index (χ2v) is 10.1. The Morgan fingerprint density at radius 1 is 0.838 bits per heavy atom. The minimum atomic E-state index is -1.06. The monoisotopic (exact) mass is 521 g/mol. The summed E-state index contributed by atoms with van der Waals surface area (Å²) in [6.07, 6.45) is 0.735. The van der Waals surface area contributed by atoms with Crippen LogP contribution in [0, 0.1) is 6.92 Å². The van der Waals surface area contributed by atoms with Gasteiger partial charge in [0.1, 0.15) is 0 Å². The van der Waals surface area contributed by atoms with Crippen LogP contribution >= 0.6 is 0 Å². The summed E-state index contributed by atoms with van der Waals surface area (Å²) >= 11 is 0. The Hall–Kier alpha value is -2.57. The van der Waals surface area contributed by atoms with E-state index in [0.717, 1.165) is 39.1 Å². The van der Waals surface area contributed by atoms with Crippen molar-refractivity contribution in [3.8, 4) is 0 Å². The first-order valence-electron chi connectivity index (χ1n) is 12.8. The number of aryl methyl sites for hydroxylation is 1. The summed E-state index contributed by atoms with van der Waals surface area (Å²) in [5, 5.41) is 28.0. The van der Waals surface area contributed by atoms with Gasteiger partial charge in [0.2, 0.25) is 0 Å². The quantitative estimate of drug-likeness (QED) is 0.362. The summed E-state index contributed by atoms with van der Waals surface area (Å²) in [7, 11) is 4.14. The molecule has 11 heteroatoms. The van der Waals surface area contributed by atoms with E-state index in [4.69, 9.17) is 10.2 Å². The molecule has 0 amide bonds. The van der Waals surface area contributed by atoms with Crippen LogP contribution in [0.5, 0.6) is 0 Å². The number of likely N-dealkylation sites (N-methyl/N-ethyl adjacent to an activating group) is 2. The number of carbonyl (C=O) groups is 3. The SMILES string of the molecule is Cc1ccc(CC2CN(C)CCN(C)CCN(CCN(CC(=O)O)CC(=O)O)CCN2CC(=O)O)cc1. The minimum Gasteiger partial charge on any atom is -0.480 e. The molecule has 0 bridgehead atoms. The van der Waals surface area contributed by atoms with E-state index in [0.29, 0.717) is 26.2 Å². The number of hydrogen-bond acceptors (Lipinski definition) is 8. The van der Waals surface area contributed by atoms with Crippen molar-refractivity contribution in [2.45, 2.75) is 19.4 Å². The van der Waals surface area contributed by atoms with Gasteiger partial charge >= 0.3 is 17.9 Å². The van der Waals surface area contributed by atoms with Gasteiger partial charge in [-0.25, -0.2) is 0 Å². The zero-order chi connectivity index (χ0) is 27.4. The van der Waals surface area contributed by atoms with Crippen LogP contribution in [0.1, 0.15) is 11.1 Å². The molecule has 0 aromatic heterocycles. The molecular weight excluding hydrogens is 478 g/mol. The zero-order valence-electron chi connectivity index (χ0n) is 22.4. The first-order chi connectivity index (χ1) is 17.5. The molecule has 2 rings (SSSR count). The van der Waals surface area contributed by atoms with Crippen LogP contribution in [0.3, 0.4) is 0 Å². The highest BCUT2D eigenvalue weighted by atomic mass is 16.4. The molecule has 1 aliphatic rings. The van der Waals surface area contributed by atoms with Crippen LogP contribution in [0.15, 0.2) is 24.3 Å². The van der Waals surface area contributed by atoms with Crippen molar-refractivity contribution in [1.82, 2.24) is 24.5 Å². The maximum Gasteiger partial charge on any atom is 0.317 e. The highest BCUT2D eigenvalue weighted by Gasteiger charge is 2.25. The molecule has 1 aromatic carbocycles. The van der Waals surface area contributed by atoms with Crippen molar-refractivity contribution in [3.63, 3.8) is 0 Å². The second kappa shape index (κ2) is 15.6. The molecule has 0 radical (unpaired) electrons. The third kappa shape index (κ3) is 12.5. The number of nitrogens with zero attached hydrogens (tertiary/aromatic N) is 5. The molecule has 1 heterocycles. The lowest BCUT2D eigenvalue weighted by atomic mass is 10.0. The Bertz CT molecular complexity index is 852. The summed E-state index contributed by atoms with van der Waals surface area (Å²) < 4.78 is 0. The van der Waals surface area contributed by atoms with Crippen molar-refractivity contribution in [1.29, 1.82) is 0 Å². The lowest BCUT2D eigenvalue weighted by molar-refractivity contribution is -0.142. The number of aliphatic carboxylic acids is 3. The fraction of sp³-hybridized carbons (Fsp3) is 0.654. The standard InChI is InChI=1S/C26H43N5O6/c1-21-4-6-22(7-5-21)16-23-17-28(3)9-8-27(2)10-11-29(14-15-31(23)20-26(36)37)12-13-30(18-24(32)33)19-25(34)35/h4-7,23H,8-20H2,1-3H3,(H,32,33)(H,34,35)(H,36,37). The lowest BCUT2D eigenvalue weighted by Gasteiger charge is -2.37. The maximum atomic E-state index is 11.8. The van der Waals surface area contributed by atoms with Gasteiger partial charge in [-0.2, -0.15) is 0 Å². The van der Waals surface area contributed by atoms with Gasteiger partial charge in [-0.3, -0.25) is 29.1 Å². The third-order valence-electron chi connectivity index (χ3n) is 6.78. The van der Waals surface area contributed by atoms with Crippen LogP contribution in [0.4, 0.5) is 0 Å². The molecule has 208 valence electrons. The van der Waals surface area contributed by atoms with E-state index in [2.05, 4.69) is 53.1 Å². The molecular formula is C26H43N5O6. The highest BCUT2D eigenvalue weighted by molar-refractivity contribution is 5.72. The molecule has 37 heavy (non-hydrogen) atoms. The van der Waals surface area contributed by atoms with Gasteiger partial charge in [-0.05, 0) is 33.0 Å². The van der Waals surface area contributed by atoms with Crippen LogP contribution in [0.25, 0.3) is 0 Å². The van der Waals surface area contributed by atoms with Crippen molar-refractivity contribution >= 4 is 17.9 Å². The predicted molar refractivity (Wildman–Crippen MR) is 141 cm³/mol. The molecule has 1 aliphatic heterocycles. The Morgan fingerprint density at radius 3 is 2.00 bits per heavy atom.